The van der Waals surface area contributed by atoms with Gasteiger partial charge in [-0.25, -0.2) is 4.98 Å². The summed E-state index contributed by atoms with van der Waals surface area (Å²) in [4.78, 5) is 6.58. The normalized spacial score (nSPS) is 9.41. The minimum atomic E-state index is 1.06. The van der Waals surface area contributed by atoms with Gasteiger partial charge in [0.25, 0.3) is 0 Å². The topological polar surface area (TPSA) is 74.7 Å². The van der Waals surface area contributed by atoms with E-state index in [2.05, 4.69) is 23.2 Å². The maximum absolute atomic E-state index is 5.50. The van der Waals surface area contributed by atoms with Crippen LogP contribution in [0.1, 0.15) is 0 Å². The summed E-state index contributed by atoms with van der Waals surface area (Å²) in [5.74, 6) is 0. The Hall–Kier alpha value is -2.58. The number of fused-ring (bicyclic) bond motifs is 2. The molecule has 2 N–H and O–H groups in total. The van der Waals surface area contributed by atoms with Gasteiger partial charge in [-0.2, -0.15) is 0 Å². The number of nitrogens with zero attached hydrogens (tertiary/aromatic N) is 2. The Labute approximate surface area is 97.9 Å². The molecule has 0 atom stereocenters. The molecule has 0 fully saturated rings. The number of rotatable bonds is 0. The van der Waals surface area contributed by atoms with Gasteiger partial charge in [0.15, 0.2) is 0 Å². The molecule has 1 heterocycles. The molecular formula is C13H11N4+. The van der Waals surface area contributed by atoms with Crippen molar-refractivity contribution in [2.24, 2.45) is 0 Å². The van der Waals surface area contributed by atoms with Crippen molar-refractivity contribution < 1.29 is 0 Å². The van der Waals surface area contributed by atoms with Crippen molar-refractivity contribution in [1.29, 1.82) is 11.1 Å². The van der Waals surface area contributed by atoms with Crippen molar-refractivity contribution in [1.82, 2.24) is 9.90 Å². The predicted molar refractivity (Wildman–Crippen MR) is 66.8 cm³/mol. The van der Waals surface area contributed by atoms with E-state index < -0.39 is 0 Å². The van der Waals surface area contributed by atoms with Crippen LogP contribution in [0.15, 0.2) is 54.6 Å². The Morgan fingerprint density at radius 2 is 1.18 bits per heavy atom. The van der Waals surface area contributed by atoms with Crippen LogP contribution in [0.3, 0.4) is 0 Å². The minimum Gasteiger partial charge on any atom is -0.248 e. The average molecular weight is 223 g/mol. The summed E-state index contributed by atoms with van der Waals surface area (Å²) in [6.07, 6.45) is 0. The van der Waals surface area contributed by atoms with Gasteiger partial charge in [0.05, 0.1) is 11.0 Å². The first-order valence-corrected chi connectivity index (χ1v) is 5.13. The van der Waals surface area contributed by atoms with Gasteiger partial charge in [-0.05, 0) is 18.2 Å². The molecule has 3 rings (SSSR count). The Kier molecular flexibility index (Phi) is 3.19. The molecule has 0 amide bonds. The zero-order valence-electron chi connectivity index (χ0n) is 9.09. The third kappa shape index (κ3) is 2.33. The Morgan fingerprint density at radius 1 is 0.765 bits per heavy atom. The molecule has 0 aliphatic carbocycles. The summed E-state index contributed by atoms with van der Waals surface area (Å²) < 4.78 is 0. The van der Waals surface area contributed by atoms with Crippen LogP contribution in [0.5, 0.6) is 0 Å². The molecule has 0 bridgehead atoms. The highest BCUT2D eigenvalue weighted by molar-refractivity contribution is 5.92. The molecular weight excluding hydrogens is 212 g/mol. The van der Waals surface area contributed by atoms with Crippen molar-refractivity contribution in [3.05, 3.63) is 54.6 Å². The Bertz CT molecular complexity index is 580. The van der Waals surface area contributed by atoms with Gasteiger partial charge >= 0.3 is 0 Å². The van der Waals surface area contributed by atoms with Gasteiger partial charge in [0.2, 0.25) is 4.91 Å². The smallest absolute Gasteiger partial charge is 0.211 e. The summed E-state index contributed by atoms with van der Waals surface area (Å²) in [5, 5.41) is 2.40. The largest absolute Gasteiger partial charge is 0.248 e. The fourth-order valence-electron chi connectivity index (χ4n) is 1.72. The zero-order valence-corrected chi connectivity index (χ0v) is 9.09. The molecule has 3 aromatic rings. The number of para-hydroxylation sites is 2. The molecule has 4 nitrogen and oxygen atoms in total. The van der Waals surface area contributed by atoms with Gasteiger partial charge < -0.3 is 0 Å². The lowest BCUT2D eigenvalue weighted by Gasteiger charge is -1.99. The van der Waals surface area contributed by atoms with Crippen LogP contribution in [0.2, 0.25) is 0 Å². The lowest BCUT2D eigenvalue weighted by atomic mass is 10.1. The summed E-state index contributed by atoms with van der Waals surface area (Å²) in [5.41, 5.74) is 13.1. The number of aromatic nitrogens is 1. The fourth-order valence-corrected chi connectivity index (χ4v) is 1.72. The van der Waals surface area contributed by atoms with Crippen LogP contribution in [0, 0.1) is 11.1 Å². The van der Waals surface area contributed by atoms with Crippen LogP contribution in [0.4, 0.5) is 0 Å². The van der Waals surface area contributed by atoms with Gasteiger partial charge in [-0.1, -0.05) is 36.4 Å². The highest BCUT2D eigenvalue weighted by Crippen LogP contribution is 2.18. The second-order valence-electron chi connectivity index (χ2n) is 3.49. The summed E-state index contributed by atoms with van der Waals surface area (Å²) in [6.45, 7) is 0. The number of benzene rings is 2. The number of pyridine rings is 1. The molecule has 4 heteroatoms. The van der Waals surface area contributed by atoms with Crippen molar-refractivity contribution in [2.75, 3.05) is 0 Å². The second-order valence-corrected chi connectivity index (χ2v) is 3.49. The zero-order chi connectivity index (χ0) is 12.1. The van der Waals surface area contributed by atoms with Crippen molar-refractivity contribution in [3.63, 3.8) is 0 Å². The average Bonchev–Trinajstić information content (AvgIpc) is 2.37. The monoisotopic (exact) mass is 223 g/mol. The first-order valence-electron chi connectivity index (χ1n) is 5.13. The third-order valence-electron chi connectivity index (χ3n) is 2.43. The molecule has 2 aromatic carbocycles. The predicted octanol–water partition coefficient (Wildman–Crippen LogP) is 3.50. The second kappa shape index (κ2) is 4.96. The summed E-state index contributed by atoms with van der Waals surface area (Å²) in [7, 11) is 0. The van der Waals surface area contributed by atoms with E-state index in [9.17, 15) is 0 Å². The van der Waals surface area contributed by atoms with Crippen LogP contribution in [0.25, 0.3) is 21.8 Å². The van der Waals surface area contributed by atoms with E-state index in [-0.39, 0.29) is 0 Å². The quantitative estimate of drug-likeness (QED) is 0.341. The lowest BCUT2D eigenvalue weighted by molar-refractivity contribution is 0.928. The highest BCUT2D eigenvalue weighted by atomic mass is 15.0. The van der Waals surface area contributed by atoms with Gasteiger partial charge in [0, 0.05) is 10.8 Å². The van der Waals surface area contributed by atoms with Gasteiger partial charge in [-0.3, -0.25) is 0 Å². The molecule has 0 radical (unpaired) electrons. The molecule has 0 saturated carbocycles. The SMILES string of the molecule is N=[N+]=N.c1ccc2nc3ccccc3cc2c1. The molecule has 0 unspecified atom stereocenters. The van der Waals surface area contributed by atoms with Crippen LogP contribution < -0.4 is 4.91 Å². The lowest BCUT2D eigenvalue weighted by Crippen LogP contribution is -1.80. The number of nitrogens with one attached hydrogen (secondary N) is 2. The molecule has 0 aliphatic rings. The van der Waals surface area contributed by atoms with Gasteiger partial charge in [-0.15, -0.1) is 0 Å². The summed E-state index contributed by atoms with van der Waals surface area (Å²) in [6, 6.07) is 18.6. The Morgan fingerprint density at radius 3 is 1.65 bits per heavy atom. The fraction of sp³-hybridized carbons (Fsp3) is 0. The van der Waals surface area contributed by atoms with E-state index in [1.807, 2.05) is 41.3 Å². The van der Waals surface area contributed by atoms with Crippen LogP contribution in [-0.4, -0.2) is 4.98 Å². The Balaban J connectivity index is 0.000000329. The van der Waals surface area contributed by atoms with E-state index in [1.54, 1.807) is 0 Å². The third-order valence-corrected chi connectivity index (χ3v) is 2.43. The van der Waals surface area contributed by atoms with E-state index in [0.29, 0.717) is 0 Å². The van der Waals surface area contributed by atoms with Crippen molar-refractivity contribution >= 4 is 21.8 Å². The van der Waals surface area contributed by atoms with Crippen molar-refractivity contribution in [2.45, 2.75) is 0 Å². The maximum atomic E-state index is 5.50. The minimum absolute atomic E-state index is 1.06. The first kappa shape index (κ1) is 10.9. The van der Waals surface area contributed by atoms with Crippen LogP contribution >= 0.6 is 0 Å². The molecule has 0 spiro atoms. The number of hydrogen-bond acceptors (Lipinski definition) is 3. The highest BCUT2D eigenvalue weighted by Gasteiger charge is 1.96. The van der Waals surface area contributed by atoms with Crippen molar-refractivity contribution in [3.8, 4) is 0 Å². The molecule has 17 heavy (non-hydrogen) atoms. The van der Waals surface area contributed by atoms with Gasteiger partial charge in [0.1, 0.15) is 11.1 Å². The standard InChI is InChI=1S/C13H9N.H2N3/c1-3-7-12-10(5-1)9-11-6-2-4-8-13(11)14-12;1-3-2/h1-9H;1-2H/q;+1. The van der Waals surface area contributed by atoms with Crippen LogP contribution in [-0.2, 0) is 0 Å². The summed E-state index contributed by atoms with van der Waals surface area (Å²) >= 11 is 0. The first-order chi connectivity index (χ1) is 8.35. The molecule has 0 saturated heterocycles. The van der Waals surface area contributed by atoms with E-state index in [1.165, 1.54) is 10.8 Å². The molecule has 0 aliphatic heterocycles. The molecule has 1 aromatic heterocycles. The van der Waals surface area contributed by atoms with E-state index in [4.69, 9.17) is 11.1 Å². The van der Waals surface area contributed by atoms with E-state index in [0.717, 1.165) is 11.0 Å². The molecule has 82 valence electrons. The van der Waals surface area contributed by atoms with E-state index >= 15 is 0 Å². The maximum Gasteiger partial charge on any atom is 0.211 e. The number of hydrogen-bond donors (Lipinski definition) is 2.